The molecule has 20 heavy (non-hydrogen) atoms. The van der Waals surface area contributed by atoms with Crippen molar-refractivity contribution in [2.24, 2.45) is 5.10 Å². The second-order valence-corrected chi connectivity index (χ2v) is 4.83. The minimum absolute atomic E-state index is 0.0901. The number of nitriles is 2. The number of fused-ring (bicyclic) bond motifs is 1. The monoisotopic (exact) mass is 265 g/mol. The molecule has 1 heterocycles. The molecule has 0 saturated heterocycles. The Kier molecular flexibility index (Phi) is 2.85. The van der Waals surface area contributed by atoms with Gasteiger partial charge in [0.15, 0.2) is 0 Å². The van der Waals surface area contributed by atoms with Gasteiger partial charge < -0.3 is 4.90 Å². The summed E-state index contributed by atoms with van der Waals surface area (Å²) in [6, 6.07) is 9.07. The molecule has 2 aliphatic rings. The molecule has 1 N–H and O–H groups in total. The van der Waals surface area contributed by atoms with Crippen molar-refractivity contribution >= 4 is 17.3 Å². The molecule has 0 unspecified atom stereocenters. The third-order valence-corrected chi connectivity index (χ3v) is 3.43. The Morgan fingerprint density at radius 1 is 1.35 bits per heavy atom. The van der Waals surface area contributed by atoms with Crippen molar-refractivity contribution < 1.29 is 4.79 Å². The van der Waals surface area contributed by atoms with E-state index in [4.69, 9.17) is 10.5 Å². The van der Waals surface area contributed by atoms with Gasteiger partial charge >= 0.3 is 0 Å². The van der Waals surface area contributed by atoms with E-state index in [1.165, 1.54) is 0 Å². The van der Waals surface area contributed by atoms with Crippen LogP contribution in [0.1, 0.15) is 28.8 Å². The van der Waals surface area contributed by atoms with Crippen LogP contribution in [0.25, 0.3) is 0 Å². The van der Waals surface area contributed by atoms with Gasteiger partial charge in [0.1, 0.15) is 12.1 Å². The van der Waals surface area contributed by atoms with Gasteiger partial charge in [0.2, 0.25) is 5.71 Å². The topological polar surface area (TPSA) is 92.3 Å². The molecule has 0 aromatic heterocycles. The average molecular weight is 265 g/mol. The summed E-state index contributed by atoms with van der Waals surface area (Å²) in [6.07, 6.45) is 2.17. The van der Waals surface area contributed by atoms with Gasteiger partial charge in [0, 0.05) is 18.2 Å². The predicted molar refractivity (Wildman–Crippen MR) is 71.6 cm³/mol. The fraction of sp³-hybridized carbons (Fsp3) is 0.286. The molecule has 1 aromatic rings. The molecule has 6 nitrogen and oxygen atoms in total. The molecule has 0 spiro atoms. The van der Waals surface area contributed by atoms with Crippen LogP contribution in [-0.4, -0.2) is 22.6 Å². The lowest BCUT2D eigenvalue weighted by Crippen LogP contribution is -2.25. The van der Waals surface area contributed by atoms with Crippen LogP contribution in [0.5, 0.6) is 0 Å². The predicted octanol–water partition coefficient (Wildman–Crippen LogP) is 1.62. The number of amides is 1. The van der Waals surface area contributed by atoms with E-state index in [0.29, 0.717) is 18.3 Å². The van der Waals surface area contributed by atoms with Crippen LogP contribution in [0, 0.1) is 22.7 Å². The first-order valence-electron chi connectivity index (χ1n) is 6.30. The highest BCUT2D eigenvalue weighted by atomic mass is 16.2. The quantitative estimate of drug-likeness (QED) is 0.664. The van der Waals surface area contributed by atoms with Gasteiger partial charge in [-0.15, -0.1) is 0 Å². The number of hydrazone groups is 1. The molecule has 3 rings (SSSR count). The fourth-order valence-corrected chi connectivity index (χ4v) is 2.29. The Labute approximate surface area is 115 Å². The summed E-state index contributed by atoms with van der Waals surface area (Å²) in [4.78, 5) is 14.0. The third-order valence-electron chi connectivity index (χ3n) is 3.43. The van der Waals surface area contributed by atoms with E-state index >= 15 is 0 Å². The maximum Gasteiger partial charge on any atom is 0.254 e. The van der Waals surface area contributed by atoms with Gasteiger partial charge in [-0.05, 0) is 36.6 Å². The first-order valence-corrected chi connectivity index (χ1v) is 6.30. The number of anilines is 1. The molecule has 1 saturated carbocycles. The number of hydrogen-bond acceptors (Lipinski definition) is 5. The van der Waals surface area contributed by atoms with Crippen LogP contribution in [0.15, 0.2) is 23.3 Å². The highest BCUT2D eigenvalue weighted by Gasteiger charge is 2.38. The van der Waals surface area contributed by atoms with E-state index in [2.05, 4.69) is 10.5 Å². The average Bonchev–Trinajstić information content (AvgIpc) is 3.25. The lowest BCUT2D eigenvalue weighted by molar-refractivity contribution is 0.0766. The first kappa shape index (κ1) is 12.2. The van der Waals surface area contributed by atoms with Crippen molar-refractivity contribution in [3.8, 4) is 12.1 Å². The number of benzene rings is 1. The SMILES string of the molecule is N#CC(C#N)=NNc1ccc2c(c1)CN(C1CC1)C2=O. The smallest absolute Gasteiger partial charge is 0.254 e. The molecule has 6 heteroatoms. The third kappa shape index (κ3) is 2.08. The minimum atomic E-state index is -0.235. The van der Waals surface area contributed by atoms with Crippen molar-refractivity contribution in [3.05, 3.63) is 29.3 Å². The maximum absolute atomic E-state index is 12.1. The van der Waals surface area contributed by atoms with Crippen molar-refractivity contribution in [2.75, 3.05) is 5.43 Å². The number of carbonyl (C=O) groups is 1. The second-order valence-electron chi connectivity index (χ2n) is 4.83. The Morgan fingerprint density at radius 2 is 2.10 bits per heavy atom. The zero-order chi connectivity index (χ0) is 14.1. The molecule has 1 aliphatic carbocycles. The summed E-state index contributed by atoms with van der Waals surface area (Å²) in [5.74, 6) is 0.0901. The second kappa shape index (κ2) is 4.67. The summed E-state index contributed by atoms with van der Waals surface area (Å²) in [6.45, 7) is 0.626. The molecule has 1 aliphatic heterocycles. The Balaban J connectivity index is 1.80. The van der Waals surface area contributed by atoms with Crippen molar-refractivity contribution in [1.82, 2.24) is 4.90 Å². The van der Waals surface area contributed by atoms with E-state index in [9.17, 15) is 4.79 Å². The van der Waals surface area contributed by atoms with Crippen LogP contribution in [0.4, 0.5) is 5.69 Å². The van der Waals surface area contributed by atoms with E-state index in [1.54, 1.807) is 24.3 Å². The first-order chi connectivity index (χ1) is 9.72. The lowest BCUT2D eigenvalue weighted by Gasteiger charge is -2.13. The van der Waals surface area contributed by atoms with E-state index in [1.807, 2.05) is 11.0 Å². The zero-order valence-electron chi connectivity index (χ0n) is 10.6. The normalized spacial score (nSPS) is 16.1. The zero-order valence-corrected chi connectivity index (χ0v) is 10.6. The molecule has 1 amide bonds. The van der Waals surface area contributed by atoms with Gasteiger partial charge in [-0.1, -0.05) is 0 Å². The Hall–Kier alpha value is -2.86. The summed E-state index contributed by atoms with van der Waals surface area (Å²) in [5.41, 5.74) is 4.78. The van der Waals surface area contributed by atoms with Crippen LogP contribution < -0.4 is 5.43 Å². The number of nitrogens with zero attached hydrogens (tertiary/aromatic N) is 4. The molecular weight excluding hydrogens is 254 g/mol. The van der Waals surface area contributed by atoms with Crippen LogP contribution in [-0.2, 0) is 6.54 Å². The van der Waals surface area contributed by atoms with Gasteiger partial charge in [-0.2, -0.15) is 15.6 Å². The van der Waals surface area contributed by atoms with Gasteiger partial charge in [0.25, 0.3) is 5.91 Å². The molecule has 1 aromatic carbocycles. The largest absolute Gasteiger partial charge is 0.331 e. The van der Waals surface area contributed by atoms with E-state index < -0.39 is 0 Å². The molecule has 0 bridgehead atoms. The summed E-state index contributed by atoms with van der Waals surface area (Å²) >= 11 is 0. The van der Waals surface area contributed by atoms with Crippen molar-refractivity contribution in [2.45, 2.75) is 25.4 Å². The van der Waals surface area contributed by atoms with E-state index in [0.717, 1.165) is 24.0 Å². The molecule has 0 radical (unpaired) electrons. The molecule has 0 atom stereocenters. The Morgan fingerprint density at radius 3 is 2.75 bits per heavy atom. The van der Waals surface area contributed by atoms with Gasteiger partial charge in [-0.3, -0.25) is 10.2 Å². The van der Waals surface area contributed by atoms with E-state index in [-0.39, 0.29) is 11.6 Å². The Bertz CT molecular complexity index is 674. The maximum atomic E-state index is 12.1. The van der Waals surface area contributed by atoms with Gasteiger partial charge in [-0.25, -0.2) is 0 Å². The highest BCUT2D eigenvalue weighted by Crippen LogP contribution is 2.35. The fourth-order valence-electron chi connectivity index (χ4n) is 2.29. The van der Waals surface area contributed by atoms with Gasteiger partial charge in [0.05, 0.1) is 5.69 Å². The summed E-state index contributed by atoms with van der Waals surface area (Å²) < 4.78 is 0. The standard InChI is InChI=1S/C14H11N5O/c15-6-11(7-16)18-17-10-1-4-13-9(5-10)8-19(14(13)20)12-2-3-12/h1,4-5,12,17H,2-3,8H2. The molecule has 1 fully saturated rings. The number of carbonyl (C=O) groups excluding carboxylic acids is 1. The summed E-state index contributed by atoms with van der Waals surface area (Å²) in [5, 5.41) is 20.9. The van der Waals surface area contributed by atoms with Crippen LogP contribution >= 0.6 is 0 Å². The number of rotatable bonds is 3. The van der Waals surface area contributed by atoms with Crippen molar-refractivity contribution in [1.29, 1.82) is 10.5 Å². The number of nitrogens with one attached hydrogen (secondary N) is 1. The molecular formula is C14H11N5O. The minimum Gasteiger partial charge on any atom is -0.331 e. The lowest BCUT2D eigenvalue weighted by atomic mass is 10.1. The van der Waals surface area contributed by atoms with Crippen molar-refractivity contribution in [3.63, 3.8) is 0 Å². The van der Waals surface area contributed by atoms with Crippen LogP contribution in [0.3, 0.4) is 0 Å². The number of hydrogen-bond donors (Lipinski definition) is 1. The molecule has 98 valence electrons. The van der Waals surface area contributed by atoms with Crippen LogP contribution in [0.2, 0.25) is 0 Å². The summed E-state index contributed by atoms with van der Waals surface area (Å²) in [7, 11) is 0. The highest BCUT2D eigenvalue weighted by molar-refractivity contribution is 6.10.